The summed E-state index contributed by atoms with van der Waals surface area (Å²) in [5.41, 5.74) is 0. The van der Waals surface area contributed by atoms with Crippen LogP contribution in [0, 0.1) is 0 Å². The van der Waals surface area contributed by atoms with Gasteiger partial charge in [0.25, 0.3) is 0 Å². The van der Waals surface area contributed by atoms with Crippen molar-refractivity contribution in [3.63, 3.8) is 0 Å². The second-order valence-electron chi connectivity index (χ2n) is 2.74. The van der Waals surface area contributed by atoms with Gasteiger partial charge in [0, 0.05) is 20.1 Å². The van der Waals surface area contributed by atoms with E-state index in [9.17, 15) is 9.59 Å². The van der Waals surface area contributed by atoms with Crippen LogP contribution < -0.4 is 0 Å². The van der Waals surface area contributed by atoms with Crippen molar-refractivity contribution in [2.24, 2.45) is 0 Å². The van der Waals surface area contributed by atoms with Crippen molar-refractivity contribution < 1.29 is 9.59 Å². The predicted octanol–water partition coefficient (Wildman–Crippen LogP) is -0.693. The van der Waals surface area contributed by atoms with Gasteiger partial charge in [-0.3, -0.25) is 9.59 Å². The van der Waals surface area contributed by atoms with Crippen molar-refractivity contribution in [3.8, 4) is 0 Å². The van der Waals surface area contributed by atoms with Gasteiger partial charge in [0.15, 0.2) is 0 Å². The first-order valence-electron chi connectivity index (χ1n) is 3.67. The minimum absolute atomic E-state index is 0.0228. The van der Waals surface area contributed by atoms with Gasteiger partial charge in [-0.25, -0.2) is 0 Å². The van der Waals surface area contributed by atoms with Gasteiger partial charge >= 0.3 is 0 Å². The van der Waals surface area contributed by atoms with Gasteiger partial charge in [0.2, 0.25) is 12.3 Å². The highest BCUT2D eigenvalue weighted by molar-refractivity contribution is 5.80. The standard InChI is InChI=1S/C7H12N2O2/c1-8-3-2-4-9(6-10)5-7(8)11/h6H,2-5H2,1H3. The topological polar surface area (TPSA) is 40.6 Å². The summed E-state index contributed by atoms with van der Waals surface area (Å²) >= 11 is 0. The maximum absolute atomic E-state index is 11.1. The molecule has 4 heteroatoms. The number of carbonyl (C=O) groups is 2. The van der Waals surface area contributed by atoms with Crippen molar-refractivity contribution in [2.75, 3.05) is 26.7 Å². The predicted molar refractivity (Wildman–Crippen MR) is 39.9 cm³/mol. The molecule has 0 spiro atoms. The number of amides is 2. The van der Waals surface area contributed by atoms with Gasteiger partial charge in [-0.2, -0.15) is 0 Å². The molecule has 1 aliphatic heterocycles. The van der Waals surface area contributed by atoms with E-state index in [-0.39, 0.29) is 12.5 Å². The van der Waals surface area contributed by atoms with Gasteiger partial charge in [-0.1, -0.05) is 0 Å². The lowest BCUT2D eigenvalue weighted by molar-refractivity contribution is -0.132. The van der Waals surface area contributed by atoms with Crippen LogP contribution >= 0.6 is 0 Å². The summed E-state index contributed by atoms with van der Waals surface area (Å²) in [5.74, 6) is 0.0228. The minimum Gasteiger partial charge on any atom is -0.344 e. The summed E-state index contributed by atoms with van der Waals surface area (Å²) in [6.45, 7) is 1.68. The molecule has 4 nitrogen and oxygen atoms in total. The van der Waals surface area contributed by atoms with E-state index in [2.05, 4.69) is 0 Å². The molecule has 1 fully saturated rings. The van der Waals surface area contributed by atoms with Crippen LogP contribution in [0.25, 0.3) is 0 Å². The number of hydrogen-bond donors (Lipinski definition) is 0. The lowest BCUT2D eigenvalue weighted by Crippen LogP contribution is -2.33. The zero-order chi connectivity index (χ0) is 8.27. The van der Waals surface area contributed by atoms with E-state index >= 15 is 0 Å². The highest BCUT2D eigenvalue weighted by Gasteiger charge is 2.16. The third-order valence-corrected chi connectivity index (χ3v) is 1.85. The number of nitrogens with zero attached hydrogens (tertiary/aromatic N) is 2. The van der Waals surface area contributed by atoms with Crippen molar-refractivity contribution in [1.82, 2.24) is 9.80 Å². The Morgan fingerprint density at radius 2 is 2.18 bits per heavy atom. The molecule has 11 heavy (non-hydrogen) atoms. The Morgan fingerprint density at radius 1 is 1.45 bits per heavy atom. The number of rotatable bonds is 1. The van der Waals surface area contributed by atoms with Gasteiger partial charge in [-0.15, -0.1) is 0 Å². The molecule has 0 aromatic rings. The molecule has 0 unspecified atom stereocenters. The minimum atomic E-state index is 0.0228. The lowest BCUT2D eigenvalue weighted by Gasteiger charge is -2.13. The molecule has 0 aromatic carbocycles. The summed E-state index contributed by atoms with van der Waals surface area (Å²) in [7, 11) is 1.76. The highest BCUT2D eigenvalue weighted by Crippen LogP contribution is 1.99. The zero-order valence-corrected chi connectivity index (χ0v) is 6.62. The smallest absolute Gasteiger partial charge is 0.241 e. The third-order valence-electron chi connectivity index (χ3n) is 1.85. The molecule has 0 N–H and O–H groups in total. The maximum Gasteiger partial charge on any atom is 0.241 e. The van der Waals surface area contributed by atoms with Crippen LogP contribution in [0.5, 0.6) is 0 Å². The molecule has 62 valence electrons. The lowest BCUT2D eigenvalue weighted by atomic mass is 10.4. The molecule has 2 amide bonds. The van der Waals surface area contributed by atoms with Crippen molar-refractivity contribution in [3.05, 3.63) is 0 Å². The molecule has 0 aromatic heterocycles. The first-order valence-corrected chi connectivity index (χ1v) is 3.67. The molecule has 0 radical (unpaired) electrons. The average Bonchev–Trinajstić information content (AvgIpc) is 2.15. The normalized spacial score (nSPS) is 19.9. The number of carbonyl (C=O) groups excluding carboxylic acids is 2. The van der Waals surface area contributed by atoms with E-state index in [0.29, 0.717) is 6.54 Å². The Hall–Kier alpha value is -1.06. The molecular weight excluding hydrogens is 144 g/mol. The SMILES string of the molecule is CN1CCCN(C=O)CC1=O. The largest absolute Gasteiger partial charge is 0.344 e. The Bertz CT molecular complexity index is 170. The van der Waals surface area contributed by atoms with Crippen LogP contribution in [-0.2, 0) is 9.59 Å². The number of likely N-dealkylation sites (N-methyl/N-ethyl adjacent to an activating group) is 1. The molecule has 0 atom stereocenters. The second-order valence-corrected chi connectivity index (χ2v) is 2.74. The fourth-order valence-electron chi connectivity index (χ4n) is 1.10. The van der Waals surface area contributed by atoms with Crippen LogP contribution in [0.15, 0.2) is 0 Å². The Morgan fingerprint density at radius 3 is 2.82 bits per heavy atom. The molecule has 0 bridgehead atoms. The molecule has 0 aliphatic carbocycles. The van der Waals surface area contributed by atoms with Crippen molar-refractivity contribution in [1.29, 1.82) is 0 Å². The monoisotopic (exact) mass is 156 g/mol. The first-order chi connectivity index (χ1) is 5.24. The Kier molecular flexibility index (Phi) is 2.46. The van der Waals surface area contributed by atoms with Crippen molar-refractivity contribution >= 4 is 12.3 Å². The maximum atomic E-state index is 11.1. The van der Waals surface area contributed by atoms with Crippen LogP contribution in [0.2, 0.25) is 0 Å². The van der Waals surface area contributed by atoms with Gasteiger partial charge in [0.05, 0.1) is 6.54 Å². The molecule has 1 aliphatic rings. The number of hydrogen-bond acceptors (Lipinski definition) is 2. The summed E-state index contributed by atoms with van der Waals surface area (Å²) in [4.78, 5) is 24.6. The van der Waals surface area contributed by atoms with E-state index in [1.807, 2.05) is 0 Å². The van der Waals surface area contributed by atoms with E-state index < -0.39 is 0 Å². The van der Waals surface area contributed by atoms with Crippen LogP contribution in [-0.4, -0.2) is 48.8 Å². The van der Waals surface area contributed by atoms with Gasteiger partial charge in [-0.05, 0) is 6.42 Å². The fraction of sp³-hybridized carbons (Fsp3) is 0.714. The molecular formula is C7H12N2O2. The Balaban J connectivity index is 2.54. The third kappa shape index (κ3) is 1.93. The van der Waals surface area contributed by atoms with E-state index in [1.165, 1.54) is 4.90 Å². The van der Waals surface area contributed by atoms with E-state index in [4.69, 9.17) is 0 Å². The van der Waals surface area contributed by atoms with Crippen LogP contribution in [0.3, 0.4) is 0 Å². The van der Waals surface area contributed by atoms with Gasteiger partial charge in [0.1, 0.15) is 0 Å². The molecule has 0 saturated carbocycles. The zero-order valence-electron chi connectivity index (χ0n) is 6.62. The second kappa shape index (κ2) is 3.37. The van der Waals surface area contributed by atoms with Crippen LogP contribution in [0.4, 0.5) is 0 Å². The van der Waals surface area contributed by atoms with Gasteiger partial charge < -0.3 is 9.80 Å². The van der Waals surface area contributed by atoms with E-state index in [0.717, 1.165) is 19.4 Å². The quantitative estimate of drug-likeness (QED) is 0.471. The molecule has 1 saturated heterocycles. The van der Waals surface area contributed by atoms with Crippen LogP contribution in [0.1, 0.15) is 6.42 Å². The molecule has 1 rings (SSSR count). The summed E-state index contributed by atoms with van der Waals surface area (Å²) in [6, 6.07) is 0. The fourth-order valence-corrected chi connectivity index (χ4v) is 1.10. The molecule has 1 heterocycles. The summed E-state index contributed by atoms with van der Waals surface area (Å²) in [6.07, 6.45) is 1.61. The Labute approximate surface area is 65.8 Å². The van der Waals surface area contributed by atoms with Crippen molar-refractivity contribution in [2.45, 2.75) is 6.42 Å². The summed E-state index contributed by atoms with van der Waals surface area (Å²) < 4.78 is 0. The van der Waals surface area contributed by atoms with E-state index in [1.54, 1.807) is 11.9 Å². The average molecular weight is 156 g/mol. The highest BCUT2D eigenvalue weighted by atomic mass is 16.2. The summed E-state index contributed by atoms with van der Waals surface area (Å²) in [5, 5.41) is 0. The first kappa shape index (κ1) is 8.04.